The number of sulfonamides is 1. The molecule has 3 rings (SSSR count). The molecule has 0 spiro atoms. The van der Waals surface area contributed by atoms with Gasteiger partial charge in [-0.1, -0.05) is 41.4 Å². The Kier molecular flexibility index (Phi) is 5.38. The molecule has 0 N–H and O–H groups in total. The van der Waals surface area contributed by atoms with Crippen LogP contribution in [0.4, 0.5) is 11.4 Å². The fourth-order valence-electron chi connectivity index (χ4n) is 2.91. The second-order valence-corrected chi connectivity index (χ2v) is 8.38. The molecule has 2 aromatic carbocycles. The lowest BCUT2D eigenvalue weighted by Crippen LogP contribution is -2.48. The third-order valence-electron chi connectivity index (χ3n) is 4.17. The molecule has 0 aliphatic carbocycles. The number of rotatable bonds is 4. The third-order valence-corrected chi connectivity index (χ3v) is 7.03. The average molecular weight is 416 g/mol. The molecule has 138 valence electrons. The van der Waals surface area contributed by atoms with Crippen molar-refractivity contribution in [2.75, 3.05) is 31.1 Å². The van der Waals surface area contributed by atoms with E-state index in [0.29, 0.717) is 18.8 Å². The number of nitro benzene ring substituents is 1. The highest BCUT2D eigenvalue weighted by Crippen LogP contribution is 2.33. The van der Waals surface area contributed by atoms with Crippen LogP contribution in [-0.4, -0.2) is 43.8 Å². The molecule has 0 unspecified atom stereocenters. The van der Waals surface area contributed by atoms with E-state index >= 15 is 0 Å². The van der Waals surface area contributed by atoms with Crippen LogP contribution in [-0.2, 0) is 10.0 Å². The molecule has 10 heteroatoms. The van der Waals surface area contributed by atoms with E-state index in [2.05, 4.69) is 0 Å². The fourth-order valence-corrected chi connectivity index (χ4v) is 5.43. The molecule has 2 aromatic rings. The van der Waals surface area contributed by atoms with Crippen LogP contribution in [0.3, 0.4) is 0 Å². The summed E-state index contributed by atoms with van der Waals surface area (Å²) >= 11 is 12.1. The van der Waals surface area contributed by atoms with Crippen molar-refractivity contribution in [1.29, 1.82) is 0 Å². The van der Waals surface area contributed by atoms with E-state index in [0.717, 1.165) is 0 Å². The Bertz CT molecular complexity index is 924. The van der Waals surface area contributed by atoms with Gasteiger partial charge in [0, 0.05) is 32.2 Å². The summed E-state index contributed by atoms with van der Waals surface area (Å²) in [5.41, 5.74) is 0.475. The number of nitrogens with zero attached hydrogens (tertiary/aromatic N) is 3. The molecule has 0 aromatic heterocycles. The molecular formula is C16H15Cl2N3O4S. The minimum atomic E-state index is -3.85. The highest BCUT2D eigenvalue weighted by atomic mass is 35.5. The quantitative estimate of drug-likeness (QED) is 0.564. The molecule has 0 saturated carbocycles. The summed E-state index contributed by atoms with van der Waals surface area (Å²) in [5, 5.41) is 11.3. The van der Waals surface area contributed by atoms with Crippen molar-refractivity contribution in [3.63, 3.8) is 0 Å². The van der Waals surface area contributed by atoms with E-state index in [1.165, 1.54) is 22.5 Å². The Morgan fingerprint density at radius 1 is 0.923 bits per heavy atom. The molecule has 1 aliphatic rings. The molecule has 1 fully saturated rings. The van der Waals surface area contributed by atoms with Crippen molar-refractivity contribution in [1.82, 2.24) is 4.31 Å². The smallest absolute Gasteiger partial charge is 0.292 e. The number of nitro groups is 1. The number of benzene rings is 2. The van der Waals surface area contributed by atoms with Gasteiger partial charge >= 0.3 is 0 Å². The normalized spacial score (nSPS) is 15.8. The standard InChI is InChI=1S/C16H15Cl2N3O4S/c17-12-4-3-5-13(18)16(12)26(24,25)20-10-8-19(9-11-20)14-6-1-2-7-15(14)21(22)23/h1-7H,8-11H2. The van der Waals surface area contributed by atoms with Crippen molar-refractivity contribution in [3.05, 3.63) is 62.6 Å². The first-order chi connectivity index (χ1) is 12.3. The second kappa shape index (κ2) is 7.40. The van der Waals surface area contributed by atoms with Crippen LogP contribution < -0.4 is 4.90 Å². The van der Waals surface area contributed by atoms with E-state index in [1.54, 1.807) is 29.2 Å². The summed E-state index contributed by atoms with van der Waals surface area (Å²) in [6.07, 6.45) is 0. The van der Waals surface area contributed by atoms with E-state index < -0.39 is 14.9 Å². The van der Waals surface area contributed by atoms with Crippen molar-refractivity contribution in [2.45, 2.75) is 4.90 Å². The molecule has 0 atom stereocenters. The Morgan fingerprint density at radius 2 is 1.50 bits per heavy atom. The van der Waals surface area contributed by atoms with Crippen molar-refractivity contribution in [3.8, 4) is 0 Å². The molecule has 0 radical (unpaired) electrons. The zero-order valence-electron chi connectivity index (χ0n) is 13.5. The van der Waals surface area contributed by atoms with Crippen LogP contribution in [0.5, 0.6) is 0 Å². The predicted octanol–water partition coefficient (Wildman–Crippen LogP) is 3.41. The molecule has 26 heavy (non-hydrogen) atoms. The Labute approximate surface area is 160 Å². The summed E-state index contributed by atoms with van der Waals surface area (Å²) in [5.74, 6) is 0. The highest BCUT2D eigenvalue weighted by molar-refractivity contribution is 7.89. The van der Waals surface area contributed by atoms with Crippen LogP contribution in [0.25, 0.3) is 0 Å². The number of piperazine rings is 1. The van der Waals surface area contributed by atoms with Gasteiger partial charge in [-0.05, 0) is 18.2 Å². The van der Waals surface area contributed by atoms with Crippen LogP contribution in [0, 0.1) is 10.1 Å². The van der Waals surface area contributed by atoms with E-state index in [1.807, 2.05) is 0 Å². The Hall–Kier alpha value is -1.87. The molecular weight excluding hydrogens is 401 g/mol. The zero-order chi connectivity index (χ0) is 18.9. The number of hydrogen-bond acceptors (Lipinski definition) is 5. The summed E-state index contributed by atoms with van der Waals surface area (Å²) < 4.78 is 27.1. The maximum absolute atomic E-state index is 12.9. The number of anilines is 1. The lowest BCUT2D eigenvalue weighted by atomic mass is 10.2. The third kappa shape index (κ3) is 3.50. The zero-order valence-corrected chi connectivity index (χ0v) is 15.8. The first-order valence-electron chi connectivity index (χ1n) is 7.75. The summed E-state index contributed by atoms with van der Waals surface area (Å²) in [4.78, 5) is 12.4. The van der Waals surface area contributed by atoms with Crippen LogP contribution in [0.2, 0.25) is 10.0 Å². The van der Waals surface area contributed by atoms with Crippen molar-refractivity contribution in [2.24, 2.45) is 0 Å². The van der Waals surface area contributed by atoms with Gasteiger partial charge in [0.15, 0.2) is 0 Å². The number of hydrogen-bond donors (Lipinski definition) is 0. The lowest BCUT2D eigenvalue weighted by Gasteiger charge is -2.35. The summed E-state index contributed by atoms with van der Waals surface area (Å²) in [7, 11) is -3.85. The van der Waals surface area contributed by atoms with Gasteiger partial charge in [0.05, 0.1) is 15.0 Å². The number of halogens is 2. The predicted molar refractivity (Wildman–Crippen MR) is 101 cm³/mol. The molecule has 0 bridgehead atoms. The van der Waals surface area contributed by atoms with Gasteiger partial charge in [-0.3, -0.25) is 10.1 Å². The Morgan fingerprint density at radius 3 is 2.08 bits per heavy atom. The molecule has 1 heterocycles. The van der Waals surface area contributed by atoms with Crippen molar-refractivity contribution >= 4 is 44.6 Å². The topological polar surface area (TPSA) is 83.8 Å². The van der Waals surface area contributed by atoms with Crippen LogP contribution >= 0.6 is 23.2 Å². The molecule has 0 amide bonds. The van der Waals surface area contributed by atoms with Gasteiger partial charge in [-0.25, -0.2) is 8.42 Å². The van der Waals surface area contributed by atoms with Gasteiger partial charge in [-0.2, -0.15) is 4.31 Å². The van der Waals surface area contributed by atoms with Gasteiger partial charge in [0.1, 0.15) is 10.6 Å². The average Bonchev–Trinajstić information content (AvgIpc) is 2.61. The van der Waals surface area contributed by atoms with E-state index in [-0.39, 0.29) is 33.7 Å². The number of para-hydroxylation sites is 2. The van der Waals surface area contributed by atoms with Gasteiger partial charge in [0.25, 0.3) is 5.69 Å². The summed E-state index contributed by atoms with van der Waals surface area (Å²) in [6.45, 7) is 1.00. The van der Waals surface area contributed by atoms with Crippen molar-refractivity contribution < 1.29 is 13.3 Å². The van der Waals surface area contributed by atoms with Crippen LogP contribution in [0.15, 0.2) is 47.4 Å². The lowest BCUT2D eigenvalue weighted by molar-refractivity contribution is -0.384. The Balaban J connectivity index is 1.82. The van der Waals surface area contributed by atoms with Gasteiger partial charge in [-0.15, -0.1) is 0 Å². The highest BCUT2D eigenvalue weighted by Gasteiger charge is 2.33. The second-order valence-electron chi connectivity index (χ2n) is 5.69. The van der Waals surface area contributed by atoms with Gasteiger partial charge in [0.2, 0.25) is 10.0 Å². The SMILES string of the molecule is O=[N+]([O-])c1ccccc1N1CCN(S(=O)(=O)c2c(Cl)cccc2Cl)CC1. The monoisotopic (exact) mass is 415 g/mol. The van der Waals surface area contributed by atoms with Gasteiger partial charge < -0.3 is 4.90 Å². The first-order valence-corrected chi connectivity index (χ1v) is 9.94. The minimum Gasteiger partial charge on any atom is -0.363 e. The molecule has 1 saturated heterocycles. The molecule has 1 aliphatic heterocycles. The largest absolute Gasteiger partial charge is 0.363 e. The van der Waals surface area contributed by atoms with E-state index in [4.69, 9.17) is 23.2 Å². The maximum atomic E-state index is 12.9. The molecule has 7 nitrogen and oxygen atoms in total. The van der Waals surface area contributed by atoms with E-state index in [9.17, 15) is 18.5 Å². The fraction of sp³-hybridized carbons (Fsp3) is 0.250. The minimum absolute atomic E-state index is 0.00189. The maximum Gasteiger partial charge on any atom is 0.292 e. The summed E-state index contributed by atoms with van der Waals surface area (Å²) in [6, 6.07) is 10.9. The first kappa shape index (κ1) is 18.9. The van der Waals surface area contributed by atoms with Crippen LogP contribution in [0.1, 0.15) is 0 Å².